The Morgan fingerprint density at radius 3 is 2.53 bits per heavy atom. The van der Waals surface area contributed by atoms with Crippen LogP contribution in [0.2, 0.25) is 5.02 Å². The van der Waals surface area contributed by atoms with Crippen molar-refractivity contribution in [3.8, 4) is 0 Å². The van der Waals surface area contributed by atoms with Crippen molar-refractivity contribution in [3.63, 3.8) is 0 Å². The highest BCUT2D eigenvalue weighted by Gasteiger charge is 2.27. The second kappa shape index (κ2) is 7.07. The Morgan fingerprint density at radius 1 is 1.21 bits per heavy atom. The van der Waals surface area contributed by atoms with Crippen molar-refractivity contribution in [1.82, 2.24) is 5.32 Å². The van der Waals surface area contributed by atoms with Crippen LogP contribution in [0.4, 0.5) is 0 Å². The van der Waals surface area contributed by atoms with Crippen LogP contribution in [0, 0.1) is 0 Å². The maximum Gasteiger partial charge on any atom is 0.0771 e. The van der Waals surface area contributed by atoms with Gasteiger partial charge in [-0.2, -0.15) is 0 Å². The van der Waals surface area contributed by atoms with Crippen LogP contribution in [0.25, 0.3) is 0 Å². The summed E-state index contributed by atoms with van der Waals surface area (Å²) in [7, 11) is 0. The first-order chi connectivity index (χ1) is 9.09. The third kappa shape index (κ3) is 4.75. The molecule has 0 bridgehead atoms. The zero-order chi connectivity index (χ0) is 13.7. The summed E-state index contributed by atoms with van der Waals surface area (Å²) in [4.78, 5) is 0. The summed E-state index contributed by atoms with van der Waals surface area (Å²) in [5, 5.41) is 14.7. The molecule has 4 heteroatoms. The summed E-state index contributed by atoms with van der Waals surface area (Å²) in [6.45, 7) is 1.42. The van der Waals surface area contributed by atoms with Crippen molar-refractivity contribution in [3.05, 3.63) is 33.3 Å². The van der Waals surface area contributed by atoms with Crippen molar-refractivity contribution in [1.29, 1.82) is 0 Å². The van der Waals surface area contributed by atoms with Crippen LogP contribution < -0.4 is 5.32 Å². The summed E-state index contributed by atoms with van der Waals surface area (Å²) in [6.07, 6.45) is 6.63. The predicted molar refractivity (Wildman–Crippen MR) is 83.5 cm³/mol. The molecule has 0 saturated heterocycles. The third-order valence-electron chi connectivity index (χ3n) is 3.82. The van der Waals surface area contributed by atoms with Crippen LogP contribution in [-0.2, 0) is 6.54 Å². The molecule has 2 rings (SSSR count). The molecule has 0 amide bonds. The van der Waals surface area contributed by atoms with Crippen molar-refractivity contribution < 1.29 is 5.11 Å². The van der Waals surface area contributed by atoms with Crippen molar-refractivity contribution >= 4 is 27.5 Å². The Hall–Kier alpha value is -0.0900. The highest BCUT2D eigenvalue weighted by atomic mass is 79.9. The van der Waals surface area contributed by atoms with E-state index in [2.05, 4.69) is 21.2 Å². The summed E-state index contributed by atoms with van der Waals surface area (Å²) < 4.78 is 1.01. The molecule has 0 unspecified atom stereocenters. The van der Waals surface area contributed by atoms with Gasteiger partial charge in [0.25, 0.3) is 0 Å². The highest BCUT2D eigenvalue weighted by Crippen LogP contribution is 2.27. The molecular formula is C15H21BrClNO. The van der Waals surface area contributed by atoms with Crippen LogP contribution in [0.3, 0.4) is 0 Å². The molecule has 19 heavy (non-hydrogen) atoms. The van der Waals surface area contributed by atoms with E-state index < -0.39 is 5.60 Å². The molecule has 0 radical (unpaired) electrons. The standard InChI is InChI=1S/C15H21BrClNO/c16-14-9-13(17)6-5-12(14)10-18-11-15(19)7-3-1-2-4-8-15/h5-6,9,18-19H,1-4,7-8,10-11H2. The van der Waals surface area contributed by atoms with Crippen LogP contribution in [0.5, 0.6) is 0 Å². The van der Waals surface area contributed by atoms with Gasteiger partial charge in [0.15, 0.2) is 0 Å². The van der Waals surface area contributed by atoms with Gasteiger partial charge >= 0.3 is 0 Å². The molecule has 2 N–H and O–H groups in total. The van der Waals surface area contributed by atoms with E-state index in [1.807, 2.05) is 18.2 Å². The first kappa shape index (κ1) is 15.3. The van der Waals surface area contributed by atoms with E-state index in [-0.39, 0.29) is 0 Å². The quantitative estimate of drug-likeness (QED) is 0.798. The minimum Gasteiger partial charge on any atom is -0.389 e. The predicted octanol–water partition coefficient (Wildman–Crippen LogP) is 4.28. The maximum atomic E-state index is 10.5. The number of hydrogen-bond donors (Lipinski definition) is 2. The number of nitrogens with one attached hydrogen (secondary N) is 1. The molecule has 1 saturated carbocycles. The molecule has 1 aliphatic carbocycles. The van der Waals surface area contributed by atoms with E-state index in [1.54, 1.807) is 0 Å². The minimum atomic E-state index is -0.518. The third-order valence-corrected chi connectivity index (χ3v) is 4.79. The second-order valence-electron chi connectivity index (χ2n) is 5.48. The summed E-state index contributed by atoms with van der Waals surface area (Å²) in [5.41, 5.74) is 0.650. The smallest absolute Gasteiger partial charge is 0.0771 e. The van der Waals surface area contributed by atoms with Gasteiger partial charge in [0.2, 0.25) is 0 Å². The van der Waals surface area contributed by atoms with E-state index >= 15 is 0 Å². The molecule has 0 spiro atoms. The summed E-state index contributed by atoms with van der Waals surface area (Å²) in [5.74, 6) is 0. The fourth-order valence-corrected chi connectivity index (χ4v) is 3.48. The van der Waals surface area contributed by atoms with Gasteiger partial charge in [-0.05, 0) is 30.5 Å². The van der Waals surface area contributed by atoms with Crippen LogP contribution in [0.15, 0.2) is 22.7 Å². The van der Waals surface area contributed by atoms with Crippen LogP contribution >= 0.6 is 27.5 Å². The van der Waals surface area contributed by atoms with Gasteiger partial charge in [-0.1, -0.05) is 59.3 Å². The lowest BCUT2D eigenvalue weighted by molar-refractivity contribution is 0.0250. The van der Waals surface area contributed by atoms with Crippen molar-refractivity contribution in [2.75, 3.05) is 6.54 Å². The van der Waals surface area contributed by atoms with E-state index in [0.29, 0.717) is 6.54 Å². The average molecular weight is 347 g/mol. The number of halogens is 2. The number of hydrogen-bond acceptors (Lipinski definition) is 2. The zero-order valence-electron chi connectivity index (χ0n) is 11.1. The maximum absolute atomic E-state index is 10.5. The largest absolute Gasteiger partial charge is 0.389 e. The molecule has 106 valence electrons. The Morgan fingerprint density at radius 2 is 1.89 bits per heavy atom. The van der Waals surface area contributed by atoms with Gasteiger partial charge in [-0.25, -0.2) is 0 Å². The van der Waals surface area contributed by atoms with Gasteiger partial charge in [0.05, 0.1) is 5.60 Å². The van der Waals surface area contributed by atoms with Crippen molar-refractivity contribution in [2.45, 2.75) is 50.7 Å². The first-order valence-electron chi connectivity index (χ1n) is 6.96. The molecule has 0 heterocycles. The van der Waals surface area contributed by atoms with Crippen LogP contribution in [0.1, 0.15) is 44.1 Å². The molecule has 0 atom stereocenters. The van der Waals surface area contributed by atoms with E-state index in [9.17, 15) is 5.11 Å². The monoisotopic (exact) mass is 345 g/mol. The Balaban J connectivity index is 1.85. The van der Waals surface area contributed by atoms with Gasteiger partial charge in [0, 0.05) is 22.6 Å². The molecule has 1 fully saturated rings. The Kier molecular flexibility index (Phi) is 5.70. The molecule has 1 aromatic rings. The number of rotatable bonds is 4. The minimum absolute atomic E-state index is 0.518. The van der Waals surface area contributed by atoms with Gasteiger partial charge in [-0.15, -0.1) is 0 Å². The molecule has 2 nitrogen and oxygen atoms in total. The molecule has 0 aliphatic heterocycles. The number of aliphatic hydroxyl groups is 1. The lowest BCUT2D eigenvalue weighted by Crippen LogP contribution is -2.39. The zero-order valence-corrected chi connectivity index (χ0v) is 13.4. The molecule has 1 aromatic carbocycles. The van der Waals surface area contributed by atoms with E-state index in [1.165, 1.54) is 18.4 Å². The normalized spacial score (nSPS) is 19.1. The topological polar surface area (TPSA) is 32.3 Å². The fourth-order valence-electron chi connectivity index (χ4n) is 2.66. The first-order valence-corrected chi connectivity index (χ1v) is 8.13. The van der Waals surface area contributed by atoms with Gasteiger partial charge in [0.1, 0.15) is 0 Å². The van der Waals surface area contributed by atoms with E-state index in [0.717, 1.165) is 41.7 Å². The number of benzene rings is 1. The highest BCUT2D eigenvalue weighted by molar-refractivity contribution is 9.10. The SMILES string of the molecule is OC1(CNCc2ccc(Cl)cc2Br)CCCCCC1. The summed E-state index contributed by atoms with van der Waals surface area (Å²) in [6, 6.07) is 5.80. The van der Waals surface area contributed by atoms with Crippen molar-refractivity contribution in [2.24, 2.45) is 0 Å². The Bertz CT molecular complexity index is 417. The van der Waals surface area contributed by atoms with Gasteiger partial charge in [-0.3, -0.25) is 0 Å². The van der Waals surface area contributed by atoms with E-state index in [4.69, 9.17) is 11.6 Å². The van der Waals surface area contributed by atoms with Crippen LogP contribution in [-0.4, -0.2) is 17.3 Å². The Labute approximate surface area is 128 Å². The lowest BCUT2D eigenvalue weighted by Gasteiger charge is -2.27. The average Bonchev–Trinajstić information content (AvgIpc) is 2.57. The lowest BCUT2D eigenvalue weighted by atomic mass is 9.94. The summed E-state index contributed by atoms with van der Waals surface area (Å²) >= 11 is 9.43. The molecule has 0 aromatic heterocycles. The molecule has 1 aliphatic rings. The molecular weight excluding hydrogens is 326 g/mol. The van der Waals surface area contributed by atoms with Gasteiger partial charge < -0.3 is 10.4 Å². The second-order valence-corrected chi connectivity index (χ2v) is 6.77. The fraction of sp³-hybridized carbons (Fsp3) is 0.600.